The summed E-state index contributed by atoms with van der Waals surface area (Å²) in [5, 5.41) is 4.02. The molecule has 1 aliphatic rings. The van der Waals surface area contributed by atoms with Gasteiger partial charge in [0.1, 0.15) is 16.5 Å². The summed E-state index contributed by atoms with van der Waals surface area (Å²) in [4.78, 5) is 4.04. The van der Waals surface area contributed by atoms with Crippen LogP contribution in [0.4, 0.5) is 0 Å². The molecule has 1 aliphatic heterocycles. The van der Waals surface area contributed by atoms with Crippen molar-refractivity contribution < 1.29 is 0 Å². The highest BCUT2D eigenvalue weighted by Gasteiger charge is 2.13. The predicted molar refractivity (Wildman–Crippen MR) is 44.4 cm³/mol. The summed E-state index contributed by atoms with van der Waals surface area (Å²) in [7, 11) is 0. The van der Waals surface area contributed by atoms with Crippen molar-refractivity contribution >= 4 is 28.4 Å². The van der Waals surface area contributed by atoms with E-state index in [9.17, 15) is 0 Å². The maximum atomic E-state index is 5.76. The number of nitrogens with one attached hydrogen (secondary N) is 1. The lowest BCUT2D eigenvalue weighted by Crippen LogP contribution is -2.27. The molecule has 0 saturated carbocycles. The normalized spacial score (nSPS) is 26.0. The molecule has 0 fully saturated rings. The molecule has 0 radical (unpaired) electrons. The summed E-state index contributed by atoms with van der Waals surface area (Å²) in [6.45, 7) is 3.71. The number of allylic oxidation sites excluding steroid dienone is 1. The Kier molecular flexibility index (Phi) is 2.21. The van der Waals surface area contributed by atoms with E-state index in [4.69, 9.17) is 23.2 Å². The lowest BCUT2D eigenvalue weighted by molar-refractivity contribution is 0.654. The van der Waals surface area contributed by atoms with Crippen molar-refractivity contribution in [1.82, 2.24) is 5.32 Å². The third-order valence-corrected chi connectivity index (χ3v) is 2.05. The van der Waals surface area contributed by atoms with Gasteiger partial charge in [0.15, 0.2) is 0 Å². The summed E-state index contributed by atoms with van der Waals surface area (Å²) in [6, 6.07) is 0. The molecule has 0 aromatic rings. The molecule has 1 unspecified atom stereocenters. The van der Waals surface area contributed by atoms with E-state index in [2.05, 4.69) is 10.3 Å². The standard InChI is InChI=1S/C6H8Cl2N2/c1-3-5(7)9-4(2)10-6(3)8/h4,9H,1-2H3. The molecular weight excluding hydrogens is 171 g/mol. The molecule has 1 N–H and O–H groups in total. The molecule has 0 aromatic carbocycles. The second kappa shape index (κ2) is 2.81. The lowest BCUT2D eigenvalue weighted by Gasteiger charge is -2.17. The Labute approximate surface area is 69.9 Å². The molecule has 1 heterocycles. The van der Waals surface area contributed by atoms with Gasteiger partial charge in [-0.05, 0) is 13.8 Å². The van der Waals surface area contributed by atoms with Crippen LogP contribution in [0.5, 0.6) is 0 Å². The predicted octanol–water partition coefficient (Wildman–Crippen LogP) is 2.04. The molecule has 0 saturated heterocycles. The molecule has 0 aliphatic carbocycles. The maximum absolute atomic E-state index is 5.76. The van der Waals surface area contributed by atoms with Gasteiger partial charge in [-0.3, -0.25) is 0 Å². The van der Waals surface area contributed by atoms with E-state index in [1.54, 1.807) is 0 Å². The maximum Gasteiger partial charge on any atom is 0.131 e. The van der Waals surface area contributed by atoms with Crippen molar-refractivity contribution in [2.24, 2.45) is 4.99 Å². The zero-order valence-corrected chi connectivity index (χ0v) is 7.29. The number of hydrogen-bond donors (Lipinski definition) is 1. The minimum absolute atomic E-state index is 0.0105. The van der Waals surface area contributed by atoms with Crippen LogP contribution in [0.25, 0.3) is 0 Å². The first kappa shape index (κ1) is 7.89. The monoisotopic (exact) mass is 178 g/mol. The van der Waals surface area contributed by atoms with Crippen LogP contribution in [0.2, 0.25) is 0 Å². The van der Waals surface area contributed by atoms with Gasteiger partial charge in [-0.15, -0.1) is 0 Å². The average Bonchev–Trinajstić information content (AvgIpc) is 1.82. The summed E-state index contributed by atoms with van der Waals surface area (Å²) < 4.78 is 0. The van der Waals surface area contributed by atoms with Crippen LogP contribution in [0.1, 0.15) is 13.8 Å². The van der Waals surface area contributed by atoms with Crippen LogP contribution in [0.3, 0.4) is 0 Å². The van der Waals surface area contributed by atoms with Crippen LogP contribution in [0, 0.1) is 0 Å². The molecule has 0 amide bonds. The number of rotatable bonds is 0. The molecule has 0 aromatic heterocycles. The first-order chi connectivity index (χ1) is 4.61. The highest BCUT2D eigenvalue weighted by Crippen LogP contribution is 2.16. The van der Waals surface area contributed by atoms with Crippen molar-refractivity contribution in [2.45, 2.75) is 20.0 Å². The molecular formula is C6H8Cl2N2. The van der Waals surface area contributed by atoms with Crippen molar-refractivity contribution in [3.63, 3.8) is 0 Å². The first-order valence-corrected chi connectivity index (χ1v) is 3.73. The van der Waals surface area contributed by atoms with Gasteiger partial charge in [-0.1, -0.05) is 23.2 Å². The molecule has 0 bridgehead atoms. The highest BCUT2D eigenvalue weighted by atomic mass is 35.5. The van der Waals surface area contributed by atoms with E-state index in [0.29, 0.717) is 10.3 Å². The minimum atomic E-state index is -0.0105. The smallest absolute Gasteiger partial charge is 0.131 e. The Hall–Kier alpha value is -0.210. The summed E-state index contributed by atoms with van der Waals surface area (Å²) in [6.07, 6.45) is -0.0105. The Bertz CT molecular complexity index is 208. The fourth-order valence-corrected chi connectivity index (χ4v) is 1.22. The quantitative estimate of drug-likeness (QED) is 0.565. The zero-order chi connectivity index (χ0) is 7.72. The van der Waals surface area contributed by atoms with Gasteiger partial charge >= 0.3 is 0 Å². The largest absolute Gasteiger partial charge is 0.354 e. The van der Waals surface area contributed by atoms with Crippen LogP contribution >= 0.6 is 23.2 Å². The fraction of sp³-hybridized carbons (Fsp3) is 0.500. The van der Waals surface area contributed by atoms with Crippen LogP contribution in [-0.2, 0) is 0 Å². The Morgan fingerprint density at radius 2 is 2.10 bits per heavy atom. The van der Waals surface area contributed by atoms with E-state index in [-0.39, 0.29) is 6.17 Å². The van der Waals surface area contributed by atoms with E-state index >= 15 is 0 Å². The van der Waals surface area contributed by atoms with Crippen LogP contribution in [-0.4, -0.2) is 11.3 Å². The molecule has 2 nitrogen and oxygen atoms in total. The van der Waals surface area contributed by atoms with Gasteiger partial charge in [-0.2, -0.15) is 0 Å². The third kappa shape index (κ3) is 1.44. The van der Waals surface area contributed by atoms with Crippen molar-refractivity contribution in [3.8, 4) is 0 Å². The van der Waals surface area contributed by atoms with Gasteiger partial charge in [0, 0.05) is 5.57 Å². The summed E-state index contributed by atoms with van der Waals surface area (Å²) >= 11 is 11.5. The van der Waals surface area contributed by atoms with Gasteiger partial charge in [0.2, 0.25) is 0 Å². The minimum Gasteiger partial charge on any atom is -0.354 e. The van der Waals surface area contributed by atoms with Crippen LogP contribution in [0.15, 0.2) is 15.7 Å². The second-order valence-electron chi connectivity index (χ2n) is 2.18. The number of halogens is 2. The van der Waals surface area contributed by atoms with Crippen molar-refractivity contribution in [2.75, 3.05) is 0 Å². The third-order valence-electron chi connectivity index (χ3n) is 1.28. The molecule has 0 spiro atoms. The number of nitrogens with zero attached hydrogens (tertiary/aromatic N) is 1. The second-order valence-corrected chi connectivity index (χ2v) is 2.92. The zero-order valence-electron chi connectivity index (χ0n) is 5.78. The van der Waals surface area contributed by atoms with Gasteiger partial charge in [0.25, 0.3) is 0 Å². The summed E-state index contributed by atoms with van der Waals surface area (Å²) in [5.41, 5.74) is 0.807. The Morgan fingerprint density at radius 1 is 1.50 bits per heavy atom. The van der Waals surface area contributed by atoms with Crippen molar-refractivity contribution in [3.05, 3.63) is 10.7 Å². The topological polar surface area (TPSA) is 24.4 Å². The summed E-state index contributed by atoms with van der Waals surface area (Å²) in [5.74, 6) is 0. The Morgan fingerprint density at radius 3 is 2.60 bits per heavy atom. The SMILES string of the molecule is CC1=C(Cl)NC(C)N=C1Cl. The fourth-order valence-electron chi connectivity index (χ4n) is 0.681. The van der Waals surface area contributed by atoms with Crippen LogP contribution < -0.4 is 5.32 Å². The number of hydrogen-bond acceptors (Lipinski definition) is 2. The Balaban J connectivity index is 2.90. The van der Waals surface area contributed by atoms with E-state index in [1.807, 2.05) is 13.8 Å². The van der Waals surface area contributed by atoms with Crippen molar-refractivity contribution in [1.29, 1.82) is 0 Å². The molecule has 1 atom stereocenters. The molecule has 10 heavy (non-hydrogen) atoms. The molecule has 56 valence electrons. The first-order valence-electron chi connectivity index (χ1n) is 2.98. The van der Waals surface area contributed by atoms with E-state index in [0.717, 1.165) is 5.57 Å². The van der Waals surface area contributed by atoms with Gasteiger partial charge in [0.05, 0.1) is 0 Å². The van der Waals surface area contributed by atoms with E-state index < -0.39 is 0 Å². The van der Waals surface area contributed by atoms with Gasteiger partial charge < -0.3 is 5.32 Å². The average molecular weight is 179 g/mol. The number of aliphatic imine (C=N–C) groups is 1. The molecule has 4 heteroatoms. The van der Waals surface area contributed by atoms with E-state index in [1.165, 1.54) is 0 Å². The highest BCUT2D eigenvalue weighted by molar-refractivity contribution is 6.70. The lowest BCUT2D eigenvalue weighted by atomic mass is 10.3. The molecule has 1 rings (SSSR count). The van der Waals surface area contributed by atoms with Gasteiger partial charge in [-0.25, -0.2) is 4.99 Å².